The molecule has 0 radical (unpaired) electrons. The molecule has 1 atom stereocenters. The summed E-state index contributed by atoms with van der Waals surface area (Å²) in [5, 5.41) is 9.00. The van der Waals surface area contributed by atoms with Gasteiger partial charge < -0.3 is 11.3 Å². The van der Waals surface area contributed by atoms with E-state index in [2.05, 4.69) is 6.92 Å². The van der Waals surface area contributed by atoms with E-state index in [1.807, 2.05) is 0 Å². The molecule has 0 saturated heterocycles. The van der Waals surface area contributed by atoms with Crippen molar-refractivity contribution in [2.24, 2.45) is 0 Å². The molecule has 0 aliphatic rings. The SMILES string of the molecule is CCCCCCCCCCC(CO)OC(C)=O.[H-].[Na+]. The molecule has 0 heterocycles. The van der Waals surface area contributed by atoms with Crippen molar-refractivity contribution in [3.63, 3.8) is 0 Å². The number of hydrogen-bond acceptors (Lipinski definition) is 3. The summed E-state index contributed by atoms with van der Waals surface area (Å²) < 4.78 is 4.97. The van der Waals surface area contributed by atoms with Crippen LogP contribution in [0.3, 0.4) is 0 Å². The smallest absolute Gasteiger partial charge is 1.00 e. The second kappa shape index (κ2) is 15.5. The van der Waals surface area contributed by atoms with Gasteiger partial charge in [0.15, 0.2) is 0 Å². The van der Waals surface area contributed by atoms with E-state index in [-0.39, 0.29) is 49.7 Å². The van der Waals surface area contributed by atoms with E-state index in [0.717, 1.165) is 12.8 Å². The summed E-state index contributed by atoms with van der Waals surface area (Å²) in [6.45, 7) is 3.55. The number of esters is 1. The average Bonchev–Trinajstić information content (AvgIpc) is 2.30. The summed E-state index contributed by atoms with van der Waals surface area (Å²) in [7, 11) is 0. The molecule has 104 valence electrons. The topological polar surface area (TPSA) is 46.5 Å². The van der Waals surface area contributed by atoms with Crippen LogP contribution in [0.1, 0.15) is 73.1 Å². The Morgan fingerprint density at radius 2 is 1.61 bits per heavy atom. The Hall–Kier alpha value is 0.430. The van der Waals surface area contributed by atoms with Crippen LogP contribution in [0.5, 0.6) is 0 Å². The number of hydrogen-bond donors (Lipinski definition) is 1. The summed E-state index contributed by atoms with van der Waals surface area (Å²) in [5.41, 5.74) is 0. The van der Waals surface area contributed by atoms with Gasteiger partial charge in [-0.3, -0.25) is 4.79 Å². The maximum atomic E-state index is 10.7. The van der Waals surface area contributed by atoms with Gasteiger partial charge in [-0.05, 0) is 12.8 Å². The first-order valence-electron chi connectivity index (χ1n) is 6.98. The second-order valence-corrected chi connectivity index (χ2v) is 4.68. The molecule has 0 rings (SSSR count). The maximum Gasteiger partial charge on any atom is 1.00 e. The van der Waals surface area contributed by atoms with Crippen molar-refractivity contribution in [3.8, 4) is 0 Å². The molecule has 0 aliphatic carbocycles. The molecule has 4 heteroatoms. The van der Waals surface area contributed by atoms with Crippen LogP contribution in [0.2, 0.25) is 0 Å². The van der Waals surface area contributed by atoms with Crippen molar-refractivity contribution in [2.75, 3.05) is 6.61 Å². The maximum absolute atomic E-state index is 10.7. The van der Waals surface area contributed by atoms with E-state index >= 15 is 0 Å². The average molecular weight is 268 g/mol. The zero-order chi connectivity index (χ0) is 12.9. The number of aliphatic hydroxyl groups excluding tert-OH is 1. The van der Waals surface area contributed by atoms with Gasteiger partial charge in [0.2, 0.25) is 0 Å². The third kappa shape index (κ3) is 14.5. The van der Waals surface area contributed by atoms with Crippen LogP contribution in [0.25, 0.3) is 0 Å². The Morgan fingerprint density at radius 3 is 2.06 bits per heavy atom. The minimum absolute atomic E-state index is 0. The van der Waals surface area contributed by atoms with Crippen molar-refractivity contribution in [3.05, 3.63) is 0 Å². The molecule has 0 aromatic heterocycles. The predicted molar refractivity (Wildman–Crippen MR) is 71.0 cm³/mol. The third-order valence-corrected chi connectivity index (χ3v) is 2.92. The van der Waals surface area contributed by atoms with Gasteiger partial charge in [-0.1, -0.05) is 51.9 Å². The van der Waals surface area contributed by atoms with E-state index in [0.29, 0.717) is 0 Å². The fourth-order valence-corrected chi connectivity index (χ4v) is 1.93. The predicted octanol–water partition coefficient (Wildman–Crippen LogP) is 0.558. The zero-order valence-electron chi connectivity index (χ0n) is 13.4. The molecule has 1 N–H and O–H groups in total. The number of ether oxygens (including phenoxy) is 1. The van der Waals surface area contributed by atoms with Crippen molar-refractivity contribution < 1.29 is 45.6 Å². The fourth-order valence-electron chi connectivity index (χ4n) is 1.93. The first-order valence-corrected chi connectivity index (χ1v) is 6.98. The fraction of sp³-hybridized carbons (Fsp3) is 0.929. The van der Waals surface area contributed by atoms with Crippen LogP contribution in [0, 0.1) is 0 Å². The van der Waals surface area contributed by atoms with Gasteiger partial charge in [0, 0.05) is 6.92 Å². The molecule has 0 saturated carbocycles. The first kappa shape index (κ1) is 20.7. The van der Waals surface area contributed by atoms with Crippen molar-refractivity contribution >= 4 is 5.97 Å². The minimum atomic E-state index is -0.302. The van der Waals surface area contributed by atoms with Crippen molar-refractivity contribution in [1.29, 1.82) is 0 Å². The summed E-state index contributed by atoms with van der Waals surface area (Å²) in [6.07, 6.45) is 10.6. The summed E-state index contributed by atoms with van der Waals surface area (Å²) in [4.78, 5) is 10.7. The molecular weight excluding hydrogens is 239 g/mol. The van der Waals surface area contributed by atoms with Crippen LogP contribution >= 0.6 is 0 Å². The Labute approximate surface area is 135 Å². The zero-order valence-corrected chi connectivity index (χ0v) is 14.4. The van der Waals surface area contributed by atoms with Gasteiger partial charge in [0.05, 0.1) is 6.61 Å². The van der Waals surface area contributed by atoms with Gasteiger partial charge in [-0.2, -0.15) is 0 Å². The molecule has 0 aromatic carbocycles. The van der Waals surface area contributed by atoms with Crippen molar-refractivity contribution in [2.45, 2.75) is 77.7 Å². The van der Waals surface area contributed by atoms with Crippen LogP contribution in [0.15, 0.2) is 0 Å². The van der Waals surface area contributed by atoms with Crippen molar-refractivity contribution in [1.82, 2.24) is 0 Å². The van der Waals surface area contributed by atoms with E-state index in [1.54, 1.807) is 0 Å². The van der Waals surface area contributed by atoms with Gasteiger partial charge >= 0.3 is 35.5 Å². The largest absolute Gasteiger partial charge is 1.00 e. The van der Waals surface area contributed by atoms with Crippen LogP contribution in [0.4, 0.5) is 0 Å². The Bertz CT molecular complexity index is 192. The minimum Gasteiger partial charge on any atom is -1.00 e. The van der Waals surface area contributed by atoms with E-state index in [4.69, 9.17) is 9.84 Å². The molecule has 0 bridgehead atoms. The van der Waals surface area contributed by atoms with E-state index in [9.17, 15) is 4.79 Å². The summed E-state index contributed by atoms with van der Waals surface area (Å²) in [6, 6.07) is 0. The second-order valence-electron chi connectivity index (χ2n) is 4.68. The quantitative estimate of drug-likeness (QED) is 0.338. The molecule has 1 unspecified atom stereocenters. The monoisotopic (exact) mass is 268 g/mol. The van der Waals surface area contributed by atoms with Gasteiger partial charge in [-0.15, -0.1) is 0 Å². The number of rotatable bonds is 11. The Morgan fingerprint density at radius 1 is 1.11 bits per heavy atom. The molecule has 0 spiro atoms. The molecule has 0 amide bonds. The van der Waals surface area contributed by atoms with Crippen LogP contribution in [-0.2, 0) is 9.53 Å². The third-order valence-electron chi connectivity index (χ3n) is 2.92. The standard InChI is InChI=1S/C14H28O3.Na.H/c1-3-4-5-6-7-8-9-10-11-14(12-15)17-13(2)16;;/h14-15H,3-12H2,1-2H3;;/q;+1;-1. The van der Waals surface area contributed by atoms with Crippen LogP contribution < -0.4 is 29.6 Å². The number of carbonyl (C=O) groups excluding carboxylic acids is 1. The first-order chi connectivity index (χ1) is 8.20. The number of carbonyl (C=O) groups is 1. The molecule has 0 aromatic rings. The molecule has 18 heavy (non-hydrogen) atoms. The number of aliphatic hydroxyl groups is 1. The molecule has 3 nitrogen and oxygen atoms in total. The van der Waals surface area contributed by atoms with E-state index < -0.39 is 0 Å². The van der Waals surface area contributed by atoms with Gasteiger partial charge in [0.1, 0.15) is 6.10 Å². The number of unbranched alkanes of at least 4 members (excludes halogenated alkanes) is 7. The summed E-state index contributed by atoms with van der Waals surface area (Å²) >= 11 is 0. The Kier molecular flexibility index (Phi) is 17.8. The van der Waals surface area contributed by atoms with Gasteiger partial charge in [0.25, 0.3) is 0 Å². The van der Waals surface area contributed by atoms with Crippen LogP contribution in [-0.4, -0.2) is 23.8 Å². The van der Waals surface area contributed by atoms with Gasteiger partial charge in [-0.25, -0.2) is 0 Å². The molecule has 0 aliphatic heterocycles. The normalized spacial score (nSPS) is 11.7. The Balaban J connectivity index is -0.00000128. The molecular formula is C14H29NaO3. The summed E-state index contributed by atoms with van der Waals surface area (Å²) in [5.74, 6) is -0.302. The van der Waals surface area contributed by atoms with E-state index in [1.165, 1.54) is 51.9 Å². The molecule has 0 fully saturated rings.